The highest BCUT2D eigenvalue weighted by Gasteiger charge is 2.08. The number of aryl methyl sites for hydroxylation is 1. The molecule has 0 aromatic carbocycles. The molecule has 62 valence electrons. The van der Waals surface area contributed by atoms with E-state index in [0.717, 1.165) is 17.9 Å². The third kappa shape index (κ3) is 1.43. The topological polar surface area (TPSA) is 43.8 Å². The lowest BCUT2D eigenvalue weighted by Gasteiger charge is -2.09. The molecule has 1 heterocycles. The Balaban J connectivity index is 2.94. The quantitative estimate of drug-likeness (QED) is 0.692. The van der Waals surface area contributed by atoms with Crippen LogP contribution in [-0.2, 0) is 7.05 Å². The first-order valence-corrected chi connectivity index (χ1v) is 3.90. The average Bonchev–Trinajstić information content (AvgIpc) is 2.32. The maximum absolute atomic E-state index is 5.85. The van der Waals surface area contributed by atoms with Gasteiger partial charge < -0.3 is 10.3 Å². The number of hydrogen-bond donors (Lipinski definition) is 1. The van der Waals surface area contributed by atoms with Gasteiger partial charge in [-0.2, -0.15) is 0 Å². The molecule has 0 amide bonds. The van der Waals surface area contributed by atoms with Crippen molar-refractivity contribution in [3.05, 3.63) is 17.7 Å². The van der Waals surface area contributed by atoms with Gasteiger partial charge in [0.25, 0.3) is 0 Å². The summed E-state index contributed by atoms with van der Waals surface area (Å²) < 4.78 is 2.04. The minimum Gasteiger partial charge on any atom is -0.334 e. The molecule has 0 saturated heterocycles. The van der Waals surface area contributed by atoms with E-state index in [0.29, 0.717) is 0 Å². The molecule has 3 nitrogen and oxygen atoms in total. The van der Waals surface area contributed by atoms with Crippen LogP contribution in [0.15, 0.2) is 6.20 Å². The Labute approximate surface area is 67.2 Å². The van der Waals surface area contributed by atoms with Crippen LogP contribution in [0.4, 0.5) is 0 Å². The van der Waals surface area contributed by atoms with Crippen molar-refractivity contribution in [1.82, 2.24) is 9.55 Å². The first-order valence-electron chi connectivity index (χ1n) is 3.90. The molecule has 11 heavy (non-hydrogen) atoms. The van der Waals surface area contributed by atoms with Gasteiger partial charge in [-0.3, -0.25) is 0 Å². The summed E-state index contributed by atoms with van der Waals surface area (Å²) in [6.45, 7) is 4.05. The molecule has 2 N–H and O–H groups in total. The number of imidazole rings is 1. The van der Waals surface area contributed by atoms with Crippen LogP contribution in [-0.4, -0.2) is 9.55 Å². The Bertz CT molecular complexity index is 239. The summed E-state index contributed by atoms with van der Waals surface area (Å²) in [6.07, 6.45) is 2.81. The average molecular weight is 153 g/mol. The minimum atomic E-state index is 0.126. The highest BCUT2D eigenvalue weighted by Crippen LogP contribution is 2.13. The highest BCUT2D eigenvalue weighted by atomic mass is 15.1. The molecule has 1 aromatic heterocycles. The van der Waals surface area contributed by atoms with Gasteiger partial charge in [-0.05, 0) is 13.3 Å². The van der Waals surface area contributed by atoms with Crippen molar-refractivity contribution in [3.8, 4) is 0 Å². The fraction of sp³-hybridized carbons (Fsp3) is 0.625. The van der Waals surface area contributed by atoms with Gasteiger partial charge in [0.05, 0.1) is 11.9 Å². The molecule has 1 aromatic rings. The summed E-state index contributed by atoms with van der Waals surface area (Å²) >= 11 is 0. The predicted molar refractivity (Wildman–Crippen MR) is 45.2 cm³/mol. The Morgan fingerprint density at radius 3 is 2.73 bits per heavy atom. The second-order valence-corrected chi connectivity index (χ2v) is 2.80. The van der Waals surface area contributed by atoms with Crippen LogP contribution in [0.1, 0.15) is 30.9 Å². The van der Waals surface area contributed by atoms with E-state index < -0.39 is 0 Å². The molecule has 0 radical (unpaired) electrons. The lowest BCUT2D eigenvalue weighted by atomic mass is 10.2. The number of nitrogens with zero attached hydrogens (tertiary/aromatic N) is 2. The zero-order valence-electron chi connectivity index (χ0n) is 7.33. The summed E-state index contributed by atoms with van der Waals surface area (Å²) in [5.41, 5.74) is 6.96. The van der Waals surface area contributed by atoms with Gasteiger partial charge in [0.15, 0.2) is 0 Å². The Morgan fingerprint density at radius 1 is 1.73 bits per heavy atom. The largest absolute Gasteiger partial charge is 0.334 e. The number of hydrogen-bond acceptors (Lipinski definition) is 2. The van der Waals surface area contributed by atoms with E-state index in [-0.39, 0.29) is 6.04 Å². The molecule has 1 atom stereocenters. The Kier molecular flexibility index (Phi) is 2.29. The van der Waals surface area contributed by atoms with Crippen LogP contribution >= 0.6 is 0 Å². The third-order valence-electron chi connectivity index (χ3n) is 2.08. The van der Waals surface area contributed by atoms with Crippen molar-refractivity contribution < 1.29 is 0 Å². The molecular weight excluding hydrogens is 138 g/mol. The highest BCUT2D eigenvalue weighted by molar-refractivity contribution is 5.07. The van der Waals surface area contributed by atoms with Gasteiger partial charge in [0.2, 0.25) is 0 Å². The predicted octanol–water partition coefficient (Wildman–Crippen LogP) is 1.14. The zero-order chi connectivity index (χ0) is 8.43. The zero-order valence-corrected chi connectivity index (χ0v) is 7.33. The molecule has 0 bridgehead atoms. The first-order chi connectivity index (χ1) is 5.16. The van der Waals surface area contributed by atoms with E-state index in [1.165, 1.54) is 0 Å². The Morgan fingerprint density at radius 2 is 2.36 bits per heavy atom. The SMILES string of the molecule is CCC(N)c1cnc(C)n1C. The Hall–Kier alpha value is -0.830. The number of rotatable bonds is 2. The summed E-state index contributed by atoms with van der Waals surface area (Å²) in [6, 6.07) is 0.126. The summed E-state index contributed by atoms with van der Waals surface area (Å²) in [4.78, 5) is 4.17. The standard InChI is InChI=1S/C8H15N3/c1-4-7(9)8-5-10-6(2)11(8)3/h5,7H,4,9H2,1-3H3. The smallest absolute Gasteiger partial charge is 0.105 e. The molecule has 3 heteroatoms. The molecule has 0 aliphatic rings. The van der Waals surface area contributed by atoms with Crippen molar-refractivity contribution in [2.24, 2.45) is 12.8 Å². The molecule has 0 aliphatic heterocycles. The van der Waals surface area contributed by atoms with Crippen LogP contribution in [0.25, 0.3) is 0 Å². The van der Waals surface area contributed by atoms with Crippen molar-refractivity contribution >= 4 is 0 Å². The van der Waals surface area contributed by atoms with Crippen molar-refractivity contribution in [1.29, 1.82) is 0 Å². The van der Waals surface area contributed by atoms with Gasteiger partial charge in [0.1, 0.15) is 5.82 Å². The van der Waals surface area contributed by atoms with Crippen molar-refractivity contribution in [2.75, 3.05) is 0 Å². The molecule has 0 aliphatic carbocycles. The molecular formula is C8H15N3. The monoisotopic (exact) mass is 153 g/mol. The lowest BCUT2D eigenvalue weighted by Crippen LogP contribution is -2.13. The molecule has 1 unspecified atom stereocenters. The van der Waals surface area contributed by atoms with E-state index in [1.807, 2.05) is 24.7 Å². The van der Waals surface area contributed by atoms with Gasteiger partial charge in [-0.1, -0.05) is 6.92 Å². The van der Waals surface area contributed by atoms with Gasteiger partial charge >= 0.3 is 0 Å². The van der Waals surface area contributed by atoms with Crippen molar-refractivity contribution in [3.63, 3.8) is 0 Å². The lowest BCUT2D eigenvalue weighted by molar-refractivity contribution is 0.633. The maximum Gasteiger partial charge on any atom is 0.105 e. The molecule has 0 fully saturated rings. The van der Waals surface area contributed by atoms with Crippen LogP contribution in [0, 0.1) is 6.92 Å². The van der Waals surface area contributed by atoms with Gasteiger partial charge in [0, 0.05) is 13.1 Å². The normalized spacial score (nSPS) is 13.5. The van der Waals surface area contributed by atoms with E-state index in [9.17, 15) is 0 Å². The maximum atomic E-state index is 5.85. The second kappa shape index (κ2) is 3.05. The molecule has 0 saturated carbocycles. The third-order valence-corrected chi connectivity index (χ3v) is 2.08. The van der Waals surface area contributed by atoms with Gasteiger partial charge in [-0.25, -0.2) is 4.98 Å². The summed E-state index contributed by atoms with van der Waals surface area (Å²) in [7, 11) is 1.99. The summed E-state index contributed by atoms with van der Waals surface area (Å²) in [5.74, 6) is 1.02. The number of nitrogens with two attached hydrogens (primary N) is 1. The van der Waals surface area contributed by atoms with Gasteiger partial charge in [-0.15, -0.1) is 0 Å². The van der Waals surface area contributed by atoms with Crippen LogP contribution in [0.2, 0.25) is 0 Å². The van der Waals surface area contributed by atoms with Crippen LogP contribution in [0.3, 0.4) is 0 Å². The molecule has 0 spiro atoms. The van der Waals surface area contributed by atoms with E-state index >= 15 is 0 Å². The fourth-order valence-electron chi connectivity index (χ4n) is 1.07. The molecule has 1 rings (SSSR count). The van der Waals surface area contributed by atoms with E-state index in [1.54, 1.807) is 0 Å². The van der Waals surface area contributed by atoms with Crippen LogP contribution in [0.5, 0.6) is 0 Å². The van der Waals surface area contributed by atoms with E-state index in [2.05, 4.69) is 11.9 Å². The fourth-order valence-corrected chi connectivity index (χ4v) is 1.07. The number of aromatic nitrogens is 2. The first kappa shape index (κ1) is 8.27. The van der Waals surface area contributed by atoms with E-state index in [4.69, 9.17) is 5.73 Å². The summed E-state index contributed by atoms with van der Waals surface area (Å²) in [5, 5.41) is 0. The van der Waals surface area contributed by atoms with Crippen LogP contribution < -0.4 is 5.73 Å². The second-order valence-electron chi connectivity index (χ2n) is 2.80. The van der Waals surface area contributed by atoms with Crippen molar-refractivity contribution in [2.45, 2.75) is 26.3 Å². The minimum absolute atomic E-state index is 0.126.